The van der Waals surface area contributed by atoms with Gasteiger partial charge in [-0.1, -0.05) is 60.7 Å². The predicted molar refractivity (Wildman–Crippen MR) is 103 cm³/mol. The van der Waals surface area contributed by atoms with Gasteiger partial charge in [-0.2, -0.15) is 0 Å². The third-order valence-corrected chi connectivity index (χ3v) is 4.41. The number of hydrogen-bond donors (Lipinski definition) is 1. The number of nitrogens with zero attached hydrogens (tertiary/aromatic N) is 2. The Kier molecular flexibility index (Phi) is 4.23. The van der Waals surface area contributed by atoms with Crippen LogP contribution in [0.3, 0.4) is 0 Å². The maximum Gasteiger partial charge on any atom is 0.270 e. The third kappa shape index (κ3) is 3.09. The Bertz CT molecular complexity index is 1050. The van der Waals surface area contributed by atoms with E-state index in [1.54, 1.807) is 0 Å². The normalized spacial score (nSPS) is 10.8. The number of carbonyl (C=O) groups excluding carboxylic acids is 1. The molecular formula is C22H19N3O. The maximum absolute atomic E-state index is 12.8. The Morgan fingerprint density at radius 1 is 0.923 bits per heavy atom. The van der Waals surface area contributed by atoms with E-state index in [-0.39, 0.29) is 5.91 Å². The number of imidazole rings is 1. The quantitative estimate of drug-likeness (QED) is 0.603. The van der Waals surface area contributed by atoms with Crippen LogP contribution in [0.4, 0.5) is 0 Å². The SMILES string of the molecule is Cc1nc2ccc(-c3ccccc3)cn2c1C(=O)NCc1ccccc1. The van der Waals surface area contributed by atoms with Crippen LogP contribution in [0.1, 0.15) is 21.7 Å². The van der Waals surface area contributed by atoms with Gasteiger partial charge in [-0.15, -0.1) is 0 Å². The minimum absolute atomic E-state index is 0.121. The van der Waals surface area contributed by atoms with Gasteiger partial charge in [0.05, 0.1) is 5.69 Å². The van der Waals surface area contributed by atoms with E-state index in [1.165, 1.54) is 0 Å². The molecule has 1 amide bonds. The van der Waals surface area contributed by atoms with Gasteiger partial charge in [-0.05, 0) is 35.7 Å². The highest BCUT2D eigenvalue weighted by Gasteiger charge is 2.16. The van der Waals surface area contributed by atoms with Crippen molar-refractivity contribution < 1.29 is 4.79 Å². The van der Waals surface area contributed by atoms with Crippen molar-refractivity contribution in [2.45, 2.75) is 13.5 Å². The summed E-state index contributed by atoms with van der Waals surface area (Å²) >= 11 is 0. The lowest BCUT2D eigenvalue weighted by Crippen LogP contribution is -2.25. The smallest absolute Gasteiger partial charge is 0.270 e. The first-order valence-electron chi connectivity index (χ1n) is 8.58. The minimum atomic E-state index is -0.121. The van der Waals surface area contributed by atoms with Crippen molar-refractivity contribution >= 4 is 11.6 Å². The molecule has 0 saturated heterocycles. The maximum atomic E-state index is 12.8. The van der Waals surface area contributed by atoms with Crippen LogP contribution in [0.15, 0.2) is 79.0 Å². The summed E-state index contributed by atoms with van der Waals surface area (Å²) < 4.78 is 1.87. The first kappa shape index (κ1) is 16.1. The molecule has 0 aliphatic rings. The number of hydrogen-bond acceptors (Lipinski definition) is 2. The Morgan fingerprint density at radius 3 is 2.35 bits per heavy atom. The zero-order valence-corrected chi connectivity index (χ0v) is 14.5. The molecule has 0 atom stereocenters. The fraction of sp³-hybridized carbons (Fsp3) is 0.0909. The van der Waals surface area contributed by atoms with Crippen LogP contribution in [-0.4, -0.2) is 15.3 Å². The number of rotatable bonds is 4. The van der Waals surface area contributed by atoms with Crippen molar-refractivity contribution in [2.75, 3.05) is 0 Å². The molecule has 0 aliphatic carbocycles. The van der Waals surface area contributed by atoms with Crippen molar-refractivity contribution in [3.63, 3.8) is 0 Å². The molecule has 4 heteroatoms. The molecule has 0 aliphatic heterocycles. The van der Waals surface area contributed by atoms with Gasteiger partial charge in [0.1, 0.15) is 11.3 Å². The second-order valence-corrected chi connectivity index (χ2v) is 6.23. The van der Waals surface area contributed by atoms with Crippen molar-refractivity contribution in [1.29, 1.82) is 0 Å². The fourth-order valence-corrected chi connectivity index (χ4v) is 3.10. The number of fused-ring (bicyclic) bond motifs is 1. The summed E-state index contributed by atoms with van der Waals surface area (Å²) in [6, 6.07) is 24.0. The van der Waals surface area contributed by atoms with Crippen LogP contribution in [0.2, 0.25) is 0 Å². The van der Waals surface area contributed by atoms with E-state index in [0.29, 0.717) is 12.2 Å². The second kappa shape index (κ2) is 6.84. The molecule has 26 heavy (non-hydrogen) atoms. The van der Waals surface area contributed by atoms with Gasteiger partial charge >= 0.3 is 0 Å². The largest absolute Gasteiger partial charge is 0.347 e. The number of pyridine rings is 1. The second-order valence-electron chi connectivity index (χ2n) is 6.23. The molecule has 0 unspecified atom stereocenters. The molecule has 0 bridgehead atoms. The van der Waals surface area contributed by atoms with Crippen LogP contribution < -0.4 is 5.32 Å². The average Bonchev–Trinajstić information content (AvgIpc) is 3.02. The Balaban J connectivity index is 1.67. The van der Waals surface area contributed by atoms with Crippen molar-refractivity contribution in [3.8, 4) is 11.1 Å². The molecule has 2 aromatic heterocycles. The Morgan fingerprint density at radius 2 is 1.62 bits per heavy atom. The van der Waals surface area contributed by atoms with Crippen molar-refractivity contribution in [1.82, 2.24) is 14.7 Å². The van der Waals surface area contributed by atoms with Crippen LogP contribution >= 0.6 is 0 Å². The van der Waals surface area contributed by atoms with Gasteiger partial charge in [0, 0.05) is 12.7 Å². The van der Waals surface area contributed by atoms with Gasteiger partial charge in [-0.25, -0.2) is 4.98 Å². The minimum Gasteiger partial charge on any atom is -0.347 e. The summed E-state index contributed by atoms with van der Waals surface area (Å²) in [5.41, 5.74) is 5.29. The van der Waals surface area contributed by atoms with Crippen molar-refractivity contribution in [2.24, 2.45) is 0 Å². The number of benzene rings is 2. The highest BCUT2D eigenvalue weighted by molar-refractivity contribution is 5.94. The van der Waals surface area contributed by atoms with E-state index in [0.717, 1.165) is 28.0 Å². The average molecular weight is 341 g/mol. The molecule has 0 radical (unpaired) electrons. The monoisotopic (exact) mass is 341 g/mol. The Labute approximate surface area is 152 Å². The molecule has 0 fully saturated rings. The fourth-order valence-electron chi connectivity index (χ4n) is 3.10. The van der Waals surface area contributed by atoms with E-state index >= 15 is 0 Å². The molecule has 128 valence electrons. The van der Waals surface area contributed by atoms with Crippen LogP contribution in [0, 0.1) is 6.92 Å². The standard InChI is InChI=1S/C22H19N3O/c1-16-21(22(26)23-14-17-8-4-2-5-9-17)25-15-19(12-13-20(25)24-16)18-10-6-3-7-11-18/h2-13,15H,14H2,1H3,(H,23,26). The summed E-state index contributed by atoms with van der Waals surface area (Å²) in [6.45, 7) is 2.36. The van der Waals surface area contributed by atoms with Crippen LogP contribution in [-0.2, 0) is 6.54 Å². The number of carbonyl (C=O) groups is 1. The first-order chi connectivity index (χ1) is 12.7. The molecule has 4 aromatic rings. The summed E-state index contributed by atoms with van der Waals surface area (Å²) in [4.78, 5) is 17.3. The van der Waals surface area contributed by atoms with E-state index in [9.17, 15) is 4.79 Å². The van der Waals surface area contributed by atoms with Gasteiger partial charge in [0.25, 0.3) is 5.91 Å². The third-order valence-electron chi connectivity index (χ3n) is 4.41. The molecule has 1 N–H and O–H groups in total. The molecule has 4 rings (SSSR count). The van der Waals surface area contributed by atoms with E-state index in [1.807, 2.05) is 78.2 Å². The first-order valence-corrected chi connectivity index (χ1v) is 8.58. The van der Waals surface area contributed by atoms with E-state index in [2.05, 4.69) is 22.4 Å². The summed E-state index contributed by atoms with van der Waals surface area (Å²) in [6.07, 6.45) is 1.97. The number of amides is 1. The van der Waals surface area contributed by atoms with E-state index < -0.39 is 0 Å². The molecule has 0 saturated carbocycles. The Hall–Kier alpha value is -3.40. The van der Waals surface area contributed by atoms with Gasteiger partial charge in [0.2, 0.25) is 0 Å². The summed E-state index contributed by atoms with van der Waals surface area (Å²) in [5, 5.41) is 2.99. The van der Waals surface area contributed by atoms with Crippen LogP contribution in [0.5, 0.6) is 0 Å². The topological polar surface area (TPSA) is 46.4 Å². The lowest BCUT2D eigenvalue weighted by Gasteiger charge is -2.08. The highest BCUT2D eigenvalue weighted by atomic mass is 16.1. The summed E-state index contributed by atoms with van der Waals surface area (Å²) in [7, 11) is 0. The lowest BCUT2D eigenvalue weighted by molar-refractivity contribution is 0.0944. The summed E-state index contributed by atoms with van der Waals surface area (Å²) in [5.74, 6) is -0.121. The number of nitrogens with one attached hydrogen (secondary N) is 1. The molecular weight excluding hydrogens is 322 g/mol. The van der Waals surface area contributed by atoms with E-state index in [4.69, 9.17) is 0 Å². The lowest BCUT2D eigenvalue weighted by atomic mass is 10.1. The molecule has 0 spiro atoms. The van der Waals surface area contributed by atoms with Crippen molar-refractivity contribution in [3.05, 3.63) is 95.9 Å². The van der Waals surface area contributed by atoms with Gasteiger partial charge in [-0.3, -0.25) is 9.20 Å². The number of aromatic nitrogens is 2. The molecule has 2 heterocycles. The highest BCUT2D eigenvalue weighted by Crippen LogP contribution is 2.21. The zero-order chi connectivity index (χ0) is 17.9. The zero-order valence-electron chi connectivity index (χ0n) is 14.5. The molecule has 2 aromatic carbocycles. The molecule has 4 nitrogen and oxygen atoms in total. The van der Waals surface area contributed by atoms with Gasteiger partial charge < -0.3 is 5.32 Å². The van der Waals surface area contributed by atoms with Gasteiger partial charge in [0.15, 0.2) is 0 Å². The predicted octanol–water partition coefficient (Wildman–Crippen LogP) is 4.24. The van der Waals surface area contributed by atoms with Crippen LogP contribution in [0.25, 0.3) is 16.8 Å². The number of aryl methyl sites for hydroxylation is 1.